The Balaban J connectivity index is 1.51. The smallest absolute Gasteiger partial charge is 0.246 e. The average molecular weight is 298 g/mol. The summed E-state index contributed by atoms with van der Waals surface area (Å²) >= 11 is 0. The molecule has 3 rings (SSSR count). The molecule has 1 heterocycles. The third kappa shape index (κ3) is 3.77. The molecule has 0 spiro atoms. The molecule has 0 atom stereocenters. The van der Waals surface area contributed by atoms with E-state index in [1.54, 1.807) is 6.08 Å². The van der Waals surface area contributed by atoms with Gasteiger partial charge in [0.05, 0.1) is 0 Å². The third-order valence-corrected chi connectivity index (χ3v) is 4.93. The van der Waals surface area contributed by atoms with Gasteiger partial charge in [-0.2, -0.15) is 0 Å². The van der Waals surface area contributed by atoms with Crippen molar-refractivity contribution < 1.29 is 4.79 Å². The van der Waals surface area contributed by atoms with Crippen LogP contribution in [0.15, 0.2) is 30.3 Å². The summed E-state index contributed by atoms with van der Waals surface area (Å²) in [7, 11) is 0. The van der Waals surface area contributed by atoms with Crippen molar-refractivity contribution in [1.29, 1.82) is 0 Å². The molecule has 2 aliphatic rings. The van der Waals surface area contributed by atoms with Crippen LogP contribution in [0.5, 0.6) is 0 Å². The number of benzene rings is 1. The Morgan fingerprint density at radius 1 is 1.14 bits per heavy atom. The number of hydrogen-bond donors (Lipinski definition) is 0. The molecule has 1 amide bonds. The first kappa shape index (κ1) is 15.3. The lowest BCUT2D eigenvalue weighted by molar-refractivity contribution is -0.127. The molecule has 1 aromatic rings. The van der Waals surface area contributed by atoms with E-state index in [1.807, 2.05) is 23.1 Å². The highest BCUT2D eigenvalue weighted by Gasteiger charge is 2.27. The molecular formula is C19H26N2O. The minimum absolute atomic E-state index is 0.146. The maximum absolute atomic E-state index is 12.3. The number of carbonyl (C=O) groups excluding carboxylic acids is 1. The Labute approximate surface area is 133 Å². The van der Waals surface area contributed by atoms with Crippen LogP contribution in [0.2, 0.25) is 0 Å². The predicted octanol–water partition coefficient (Wildman–Crippen LogP) is 3.10. The van der Waals surface area contributed by atoms with Gasteiger partial charge in [0, 0.05) is 38.3 Å². The van der Waals surface area contributed by atoms with E-state index in [4.69, 9.17) is 0 Å². The van der Waals surface area contributed by atoms with E-state index in [0.29, 0.717) is 0 Å². The minimum Gasteiger partial charge on any atom is -0.337 e. The molecule has 118 valence electrons. The number of piperazine rings is 1. The van der Waals surface area contributed by atoms with Crippen molar-refractivity contribution in [2.24, 2.45) is 0 Å². The monoisotopic (exact) mass is 298 g/mol. The van der Waals surface area contributed by atoms with Crippen LogP contribution in [-0.4, -0.2) is 47.9 Å². The second-order valence-corrected chi connectivity index (χ2v) is 6.55. The molecule has 0 bridgehead atoms. The molecule has 22 heavy (non-hydrogen) atoms. The molecule has 1 saturated heterocycles. The highest BCUT2D eigenvalue weighted by atomic mass is 16.2. The SMILES string of the molecule is Cc1cccc(/C=C/C(=O)N2CCN(C3CCCC3)CC2)c1. The maximum atomic E-state index is 12.3. The molecule has 3 nitrogen and oxygen atoms in total. The summed E-state index contributed by atoms with van der Waals surface area (Å²) in [6.07, 6.45) is 9.10. The van der Waals surface area contributed by atoms with E-state index >= 15 is 0 Å². The van der Waals surface area contributed by atoms with Crippen LogP contribution in [-0.2, 0) is 4.79 Å². The van der Waals surface area contributed by atoms with Crippen molar-refractivity contribution in [3.05, 3.63) is 41.5 Å². The van der Waals surface area contributed by atoms with Crippen LogP contribution in [0, 0.1) is 6.92 Å². The molecule has 1 saturated carbocycles. The number of rotatable bonds is 3. The van der Waals surface area contributed by atoms with Gasteiger partial charge in [0.15, 0.2) is 0 Å². The zero-order chi connectivity index (χ0) is 15.4. The van der Waals surface area contributed by atoms with Crippen LogP contribution >= 0.6 is 0 Å². The summed E-state index contributed by atoms with van der Waals surface area (Å²) in [6.45, 7) is 5.88. The Morgan fingerprint density at radius 2 is 1.86 bits per heavy atom. The maximum Gasteiger partial charge on any atom is 0.246 e. The number of hydrogen-bond acceptors (Lipinski definition) is 2. The number of carbonyl (C=O) groups is 1. The first-order valence-electron chi connectivity index (χ1n) is 8.50. The summed E-state index contributed by atoms with van der Waals surface area (Å²) < 4.78 is 0. The summed E-state index contributed by atoms with van der Waals surface area (Å²) in [5.74, 6) is 0.146. The molecule has 0 unspecified atom stereocenters. The van der Waals surface area contributed by atoms with Gasteiger partial charge in [0.1, 0.15) is 0 Å². The van der Waals surface area contributed by atoms with Crippen molar-refractivity contribution in [2.45, 2.75) is 38.6 Å². The van der Waals surface area contributed by atoms with Crippen LogP contribution in [0.4, 0.5) is 0 Å². The van der Waals surface area contributed by atoms with Crippen LogP contribution in [0.1, 0.15) is 36.8 Å². The second kappa shape index (κ2) is 7.10. The number of nitrogens with zero attached hydrogens (tertiary/aromatic N) is 2. The normalized spacial score (nSPS) is 20.9. The molecule has 0 radical (unpaired) electrons. The second-order valence-electron chi connectivity index (χ2n) is 6.55. The largest absolute Gasteiger partial charge is 0.337 e. The summed E-state index contributed by atoms with van der Waals surface area (Å²) in [4.78, 5) is 16.9. The molecule has 1 aliphatic carbocycles. The minimum atomic E-state index is 0.146. The van der Waals surface area contributed by atoms with Crippen molar-refractivity contribution in [1.82, 2.24) is 9.80 Å². The first-order chi connectivity index (χ1) is 10.7. The van der Waals surface area contributed by atoms with Crippen molar-refractivity contribution >= 4 is 12.0 Å². The highest BCUT2D eigenvalue weighted by molar-refractivity contribution is 5.91. The molecular weight excluding hydrogens is 272 g/mol. The van der Waals surface area contributed by atoms with Gasteiger partial charge >= 0.3 is 0 Å². The topological polar surface area (TPSA) is 23.6 Å². The van der Waals surface area contributed by atoms with E-state index in [1.165, 1.54) is 31.2 Å². The lowest BCUT2D eigenvalue weighted by Gasteiger charge is -2.37. The molecule has 3 heteroatoms. The van der Waals surface area contributed by atoms with E-state index in [0.717, 1.165) is 37.8 Å². The Kier molecular flexibility index (Phi) is 4.94. The van der Waals surface area contributed by atoms with Gasteiger partial charge in [0.2, 0.25) is 5.91 Å². The zero-order valence-corrected chi connectivity index (χ0v) is 13.5. The van der Waals surface area contributed by atoms with Gasteiger partial charge in [-0.1, -0.05) is 42.7 Å². The summed E-state index contributed by atoms with van der Waals surface area (Å²) in [6, 6.07) is 9.01. The van der Waals surface area contributed by atoms with Gasteiger partial charge in [0.25, 0.3) is 0 Å². The average Bonchev–Trinajstić information content (AvgIpc) is 3.07. The number of amides is 1. The standard InChI is InChI=1S/C19H26N2O/c1-16-5-4-6-17(15-16)9-10-19(22)21-13-11-20(12-14-21)18-7-2-3-8-18/h4-6,9-10,15,18H,2-3,7-8,11-14H2,1H3/b10-9+. The fourth-order valence-electron chi connectivity index (χ4n) is 3.62. The van der Waals surface area contributed by atoms with Gasteiger partial charge in [-0.25, -0.2) is 0 Å². The van der Waals surface area contributed by atoms with Gasteiger partial charge in [-0.05, 0) is 31.4 Å². The number of aryl methyl sites for hydroxylation is 1. The third-order valence-electron chi connectivity index (χ3n) is 4.93. The molecule has 0 aromatic heterocycles. The van der Waals surface area contributed by atoms with Gasteiger partial charge in [-0.15, -0.1) is 0 Å². The molecule has 1 aliphatic heterocycles. The van der Waals surface area contributed by atoms with E-state index < -0.39 is 0 Å². The highest BCUT2D eigenvalue weighted by Crippen LogP contribution is 2.24. The fourth-order valence-corrected chi connectivity index (χ4v) is 3.62. The Hall–Kier alpha value is -1.61. The van der Waals surface area contributed by atoms with Crippen LogP contribution in [0.25, 0.3) is 6.08 Å². The van der Waals surface area contributed by atoms with Crippen molar-refractivity contribution in [3.8, 4) is 0 Å². The zero-order valence-electron chi connectivity index (χ0n) is 13.5. The van der Waals surface area contributed by atoms with E-state index in [9.17, 15) is 4.79 Å². The molecule has 0 N–H and O–H groups in total. The molecule has 1 aromatic carbocycles. The van der Waals surface area contributed by atoms with Crippen LogP contribution in [0.3, 0.4) is 0 Å². The van der Waals surface area contributed by atoms with Crippen LogP contribution < -0.4 is 0 Å². The van der Waals surface area contributed by atoms with Crippen molar-refractivity contribution in [2.75, 3.05) is 26.2 Å². The summed E-state index contributed by atoms with van der Waals surface area (Å²) in [5.41, 5.74) is 2.32. The van der Waals surface area contributed by atoms with Gasteiger partial charge in [-0.3, -0.25) is 9.69 Å². The Morgan fingerprint density at radius 3 is 2.55 bits per heavy atom. The van der Waals surface area contributed by atoms with E-state index in [-0.39, 0.29) is 5.91 Å². The first-order valence-corrected chi connectivity index (χ1v) is 8.50. The fraction of sp³-hybridized carbons (Fsp3) is 0.526. The lowest BCUT2D eigenvalue weighted by Crippen LogP contribution is -2.51. The quantitative estimate of drug-likeness (QED) is 0.801. The lowest BCUT2D eigenvalue weighted by atomic mass is 10.1. The predicted molar refractivity (Wildman–Crippen MR) is 90.6 cm³/mol. The molecule has 2 fully saturated rings. The van der Waals surface area contributed by atoms with Gasteiger partial charge < -0.3 is 4.90 Å². The Bertz CT molecular complexity index is 538. The van der Waals surface area contributed by atoms with E-state index in [2.05, 4.69) is 24.0 Å². The summed E-state index contributed by atoms with van der Waals surface area (Å²) in [5, 5.41) is 0. The van der Waals surface area contributed by atoms with Crippen molar-refractivity contribution in [3.63, 3.8) is 0 Å².